The van der Waals surface area contributed by atoms with Crippen LogP contribution in [-0.4, -0.2) is 37.5 Å². The summed E-state index contributed by atoms with van der Waals surface area (Å²) in [6, 6.07) is 0. The number of ether oxygens (including phenoxy) is 2. The largest absolute Gasteiger partial charge is 0.469 e. The Morgan fingerprint density at radius 1 is 1.37 bits per heavy atom. The molecule has 2 unspecified atom stereocenters. The highest BCUT2D eigenvalue weighted by molar-refractivity contribution is 5.69. The summed E-state index contributed by atoms with van der Waals surface area (Å²) in [5, 5.41) is 5.97. The van der Waals surface area contributed by atoms with E-state index in [2.05, 4.69) is 15.4 Å². The zero-order chi connectivity index (χ0) is 14.5. The van der Waals surface area contributed by atoms with E-state index in [0.29, 0.717) is 12.8 Å². The molecule has 6 nitrogen and oxygen atoms in total. The van der Waals surface area contributed by atoms with Crippen molar-refractivity contribution >= 4 is 12.1 Å². The lowest BCUT2D eigenvalue weighted by molar-refractivity contribution is -0.142. The number of amides is 1. The van der Waals surface area contributed by atoms with E-state index in [4.69, 9.17) is 4.74 Å². The number of carbonyl (C=O) groups excluding carboxylic acids is 2. The number of hydrogen-bond donors (Lipinski definition) is 2. The van der Waals surface area contributed by atoms with E-state index in [-0.39, 0.29) is 18.1 Å². The maximum absolute atomic E-state index is 11.6. The zero-order valence-corrected chi connectivity index (χ0v) is 12.1. The second-order valence-electron chi connectivity index (χ2n) is 5.82. The summed E-state index contributed by atoms with van der Waals surface area (Å²) in [5.41, 5.74) is -0.510. The quantitative estimate of drug-likeness (QED) is 0.759. The Morgan fingerprint density at radius 3 is 2.63 bits per heavy atom. The van der Waals surface area contributed by atoms with Gasteiger partial charge in [-0.15, -0.1) is 0 Å². The van der Waals surface area contributed by atoms with E-state index < -0.39 is 11.7 Å². The topological polar surface area (TPSA) is 76.7 Å². The fraction of sp³-hybridized carbons (Fsp3) is 0.846. The van der Waals surface area contributed by atoms with Crippen molar-refractivity contribution in [1.82, 2.24) is 10.6 Å². The van der Waals surface area contributed by atoms with Crippen LogP contribution in [0.3, 0.4) is 0 Å². The molecule has 1 rings (SSSR count). The monoisotopic (exact) mass is 272 g/mol. The molecular formula is C13H24N2O4. The van der Waals surface area contributed by atoms with Crippen molar-refractivity contribution < 1.29 is 19.1 Å². The Kier molecular flexibility index (Phi) is 5.60. The van der Waals surface area contributed by atoms with Crippen molar-refractivity contribution in [2.24, 2.45) is 5.92 Å². The van der Waals surface area contributed by atoms with Crippen LogP contribution in [0.5, 0.6) is 0 Å². The molecule has 1 aliphatic heterocycles. The number of nitrogens with one attached hydrogen (secondary N) is 2. The van der Waals surface area contributed by atoms with Crippen molar-refractivity contribution in [2.75, 3.05) is 13.7 Å². The second kappa shape index (κ2) is 6.75. The van der Waals surface area contributed by atoms with E-state index >= 15 is 0 Å². The number of hydrogen-bond acceptors (Lipinski definition) is 5. The van der Waals surface area contributed by atoms with Gasteiger partial charge in [-0.05, 0) is 46.1 Å². The van der Waals surface area contributed by atoms with E-state index in [1.807, 2.05) is 20.8 Å². The third kappa shape index (κ3) is 6.42. The molecule has 0 aliphatic carbocycles. The van der Waals surface area contributed by atoms with Crippen LogP contribution in [0.15, 0.2) is 0 Å². The fourth-order valence-electron chi connectivity index (χ4n) is 2.06. The van der Waals surface area contributed by atoms with Crippen LogP contribution in [-0.2, 0) is 14.3 Å². The van der Waals surface area contributed by atoms with E-state index in [9.17, 15) is 9.59 Å². The van der Waals surface area contributed by atoms with Gasteiger partial charge < -0.3 is 14.8 Å². The Labute approximate surface area is 114 Å². The number of alkyl carbamates (subject to hydrolysis) is 1. The molecule has 1 saturated heterocycles. The molecular weight excluding hydrogens is 248 g/mol. The van der Waals surface area contributed by atoms with E-state index in [0.717, 1.165) is 13.0 Å². The van der Waals surface area contributed by atoms with Gasteiger partial charge in [0, 0.05) is 6.42 Å². The van der Waals surface area contributed by atoms with Crippen molar-refractivity contribution in [2.45, 2.75) is 51.8 Å². The van der Waals surface area contributed by atoms with Crippen molar-refractivity contribution in [3.63, 3.8) is 0 Å². The van der Waals surface area contributed by atoms with Crippen LogP contribution in [0, 0.1) is 5.92 Å². The molecule has 0 aromatic carbocycles. The van der Waals surface area contributed by atoms with Crippen LogP contribution >= 0.6 is 0 Å². The van der Waals surface area contributed by atoms with E-state index in [1.165, 1.54) is 7.11 Å². The van der Waals surface area contributed by atoms with Gasteiger partial charge in [0.15, 0.2) is 0 Å². The summed E-state index contributed by atoms with van der Waals surface area (Å²) >= 11 is 0. The summed E-state index contributed by atoms with van der Waals surface area (Å²) in [6.45, 7) is 6.23. The first kappa shape index (κ1) is 15.8. The molecule has 0 bridgehead atoms. The molecule has 0 radical (unpaired) electrons. The lowest BCUT2D eigenvalue weighted by Crippen LogP contribution is -2.51. The molecule has 2 N–H and O–H groups in total. The van der Waals surface area contributed by atoms with Crippen LogP contribution < -0.4 is 10.6 Å². The van der Waals surface area contributed by atoms with Crippen molar-refractivity contribution in [3.05, 3.63) is 0 Å². The Morgan fingerprint density at radius 2 is 2.05 bits per heavy atom. The molecule has 0 spiro atoms. The smallest absolute Gasteiger partial charge is 0.408 e. The molecule has 1 fully saturated rings. The van der Waals surface area contributed by atoms with Crippen molar-refractivity contribution in [1.29, 1.82) is 0 Å². The number of methoxy groups -OCH3 is 1. The molecule has 1 amide bonds. The Hall–Kier alpha value is -1.30. The van der Waals surface area contributed by atoms with Gasteiger partial charge in [0.2, 0.25) is 0 Å². The van der Waals surface area contributed by atoms with Gasteiger partial charge in [-0.3, -0.25) is 10.1 Å². The molecule has 2 atom stereocenters. The van der Waals surface area contributed by atoms with E-state index in [1.54, 1.807) is 0 Å². The average Bonchev–Trinajstić information content (AvgIpc) is 2.26. The zero-order valence-electron chi connectivity index (χ0n) is 12.1. The number of rotatable bonds is 3. The van der Waals surface area contributed by atoms with Gasteiger partial charge in [-0.1, -0.05) is 0 Å². The van der Waals surface area contributed by atoms with Gasteiger partial charge in [0.1, 0.15) is 5.60 Å². The summed E-state index contributed by atoms with van der Waals surface area (Å²) < 4.78 is 9.86. The number of carbonyl (C=O) groups is 2. The number of esters is 1. The Bertz CT molecular complexity index is 325. The molecule has 1 aliphatic rings. The van der Waals surface area contributed by atoms with Gasteiger partial charge in [-0.25, -0.2) is 4.79 Å². The van der Waals surface area contributed by atoms with Gasteiger partial charge in [0.25, 0.3) is 0 Å². The Balaban J connectivity index is 2.38. The first-order valence-corrected chi connectivity index (χ1v) is 6.60. The standard InChI is InChI=1S/C13H24N2O4/c1-13(2,3)19-12(17)15-10-7-9(5-6-14-10)8-11(16)18-4/h9-10,14H,5-8H2,1-4H3,(H,15,17). The average molecular weight is 272 g/mol. The minimum absolute atomic E-state index is 0.154. The van der Waals surface area contributed by atoms with Crippen LogP contribution in [0.1, 0.15) is 40.0 Å². The minimum atomic E-state index is -0.510. The molecule has 1 heterocycles. The highest BCUT2D eigenvalue weighted by Crippen LogP contribution is 2.19. The fourth-order valence-corrected chi connectivity index (χ4v) is 2.06. The summed E-state index contributed by atoms with van der Waals surface area (Å²) in [5.74, 6) is 0.0246. The molecule has 0 aromatic rings. The van der Waals surface area contributed by atoms with Gasteiger partial charge in [0.05, 0.1) is 13.3 Å². The predicted octanol–water partition coefficient (Wildman–Crippen LogP) is 1.40. The highest BCUT2D eigenvalue weighted by Gasteiger charge is 2.26. The van der Waals surface area contributed by atoms with Crippen LogP contribution in [0.25, 0.3) is 0 Å². The molecule has 19 heavy (non-hydrogen) atoms. The maximum atomic E-state index is 11.6. The van der Waals surface area contributed by atoms with Crippen LogP contribution in [0.2, 0.25) is 0 Å². The second-order valence-corrected chi connectivity index (χ2v) is 5.82. The number of piperidine rings is 1. The highest BCUT2D eigenvalue weighted by atomic mass is 16.6. The molecule has 0 aromatic heterocycles. The molecule has 0 saturated carbocycles. The lowest BCUT2D eigenvalue weighted by atomic mass is 9.93. The minimum Gasteiger partial charge on any atom is -0.469 e. The normalized spacial score (nSPS) is 23.6. The molecule has 110 valence electrons. The third-order valence-corrected chi connectivity index (χ3v) is 2.89. The van der Waals surface area contributed by atoms with Crippen LogP contribution in [0.4, 0.5) is 4.79 Å². The molecule has 6 heteroatoms. The van der Waals surface area contributed by atoms with Crippen molar-refractivity contribution in [3.8, 4) is 0 Å². The SMILES string of the molecule is COC(=O)CC1CCNC(NC(=O)OC(C)(C)C)C1. The maximum Gasteiger partial charge on any atom is 0.408 e. The summed E-state index contributed by atoms with van der Waals surface area (Å²) in [7, 11) is 1.39. The first-order chi connectivity index (χ1) is 8.80. The summed E-state index contributed by atoms with van der Waals surface area (Å²) in [6.07, 6.45) is 1.41. The first-order valence-electron chi connectivity index (χ1n) is 6.60. The van der Waals surface area contributed by atoms with Gasteiger partial charge >= 0.3 is 12.1 Å². The third-order valence-electron chi connectivity index (χ3n) is 2.89. The summed E-state index contributed by atoms with van der Waals surface area (Å²) in [4.78, 5) is 22.9. The predicted molar refractivity (Wildman–Crippen MR) is 70.5 cm³/mol. The lowest BCUT2D eigenvalue weighted by Gasteiger charge is -2.31. The van der Waals surface area contributed by atoms with Gasteiger partial charge in [-0.2, -0.15) is 0 Å².